The van der Waals surface area contributed by atoms with E-state index in [4.69, 9.17) is 4.74 Å². The monoisotopic (exact) mass is 498 g/mol. The van der Waals surface area contributed by atoms with Gasteiger partial charge in [0.1, 0.15) is 6.61 Å². The van der Waals surface area contributed by atoms with Gasteiger partial charge in [0.15, 0.2) is 0 Å². The van der Waals surface area contributed by atoms with Crippen LogP contribution in [0.3, 0.4) is 0 Å². The molecule has 0 aliphatic carbocycles. The fraction of sp³-hybridized carbons (Fsp3) is 0.333. The van der Waals surface area contributed by atoms with Gasteiger partial charge in [0.05, 0.1) is 12.2 Å². The Morgan fingerprint density at radius 3 is 2.38 bits per heavy atom. The Kier molecular flexibility index (Phi) is 7.42. The van der Waals surface area contributed by atoms with Gasteiger partial charge in [-0.25, -0.2) is 4.79 Å². The number of carbonyl (C=O) groups excluding carboxylic acids is 2. The van der Waals surface area contributed by atoms with Crippen LogP contribution in [-0.4, -0.2) is 49.1 Å². The van der Waals surface area contributed by atoms with Crippen LogP contribution in [0.1, 0.15) is 30.9 Å². The molecule has 0 radical (unpaired) electrons. The van der Waals surface area contributed by atoms with E-state index in [1.54, 1.807) is 0 Å². The van der Waals surface area contributed by atoms with Crippen molar-refractivity contribution < 1.29 is 14.3 Å². The summed E-state index contributed by atoms with van der Waals surface area (Å²) in [7, 11) is 0. The number of ether oxygens (including phenoxy) is 1. The number of hydrogen-bond acceptors (Lipinski definition) is 5. The summed E-state index contributed by atoms with van der Waals surface area (Å²) >= 11 is 0. The van der Waals surface area contributed by atoms with E-state index in [9.17, 15) is 9.59 Å². The first-order chi connectivity index (χ1) is 18.0. The highest BCUT2D eigenvalue weighted by atomic mass is 16.6. The van der Waals surface area contributed by atoms with E-state index in [1.165, 1.54) is 0 Å². The van der Waals surface area contributed by atoms with Gasteiger partial charge in [0.2, 0.25) is 5.91 Å². The van der Waals surface area contributed by atoms with Gasteiger partial charge >= 0.3 is 6.09 Å². The largest absolute Gasteiger partial charge is 0.444 e. The number of rotatable bonds is 7. The number of nitrogens with zero attached hydrogens (tertiary/aromatic N) is 3. The van der Waals surface area contributed by atoms with Crippen LogP contribution >= 0.6 is 0 Å². The summed E-state index contributed by atoms with van der Waals surface area (Å²) in [4.78, 5) is 31.7. The van der Waals surface area contributed by atoms with Crippen LogP contribution < -0.4 is 15.1 Å². The smallest absolute Gasteiger partial charge is 0.414 e. The van der Waals surface area contributed by atoms with E-state index in [2.05, 4.69) is 34.2 Å². The van der Waals surface area contributed by atoms with Crippen molar-refractivity contribution in [1.29, 1.82) is 0 Å². The third-order valence-corrected chi connectivity index (χ3v) is 7.25. The van der Waals surface area contributed by atoms with Gasteiger partial charge in [-0.2, -0.15) is 0 Å². The molecule has 0 saturated carbocycles. The molecule has 0 bridgehead atoms. The summed E-state index contributed by atoms with van der Waals surface area (Å²) in [5.74, 6) is -0.0276. The standard InChI is InChI=1S/C30H34N4O3/c1-3-33(25-10-5-4-6-11-25)26-14-12-24(13-15-26)31-28(35)20-32-18-16-27(17-19-32)34-29-22(2)8-7-9-23(29)21-37-30(34)36/h4-15,27H,3,16-21H2,1-2H3,(H,31,35). The number of nitrogens with one attached hydrogen (secondary N) is 1. The molecular formula is C30H34N4O3. The SMILES string of the molecule is CCN(c1ccccc1)c1ccc(NC(=O)CN2CCC(N3C(=O)OCc4cccc(C)c43)CC2)cc1. The third-order valence-electron chi connectivity index (χ3n) is 7.25. The Balaban J connectivity index is 1.15. The lowest BCUT2D eigenvalue weighted by molar-refractivity contribution is -0.117. The van der Waals surface area contributed by atoms with Crippen molar-refractivity contribution >= 4 is 34.7 Å². The average Bonchev–Trinajstić information content (AvgIpc) is 2.92. The number of aryl methyl sites for hydroxylation is 1. The van der Waals surface area contributed by atoms with E-state index >= 15 is 0 Å². The summed E-state index contributed by atoms with van der Waals surface area (Å²) in [5, 5.41) is 3.03. The van der Waals surface area contributed by atoms with Gasteiger partial charge in [-0.1, -0.05) is 36.4 Å². The second-order valence-electron chi connectivity index (χ2n) is 9.69. The Hall–Kier alpha value is -3.84. The molecule has 3 aromatic carbocycles. The summed E-state index contributed by atoms with van der Waals surface area (Å²) in [6.07, 6.45) is 1.34. The van der Waals surface area contributed by atoms with E-state index in [0.717, 1.165) is 66.4 Å². The van der Waals surface area contributed by atoms with Gasteiger partial charge in [-0.15, -0.1) is 0 Å². The Morgan fingerprint density at radius 1 is 0.973 bits per heavy atom. The molecule has 0 aromatic heterocycles. The molecule has 7 heteroatoms. The molecular weight excluding hydrogens is 464 g/mol. The topological polar surface area (TPSA) is 65.1 Å². The van der Waals surface area contributed by atoms with Crippen molar-refractivity contribution in [2.45, 2.75) is 39.3 Å². The van der Waals surface area contributed by atoms with Crippen molar-refractivity contribution in [3.8, 4) is 0 Å². The first-order valence-electron chi connectivity index (χ1n) is 13.0. The van der Waals surface area contributed by atoms with E-state index in [0.29, 0.717) is 13.2 Å². The number of hydrogen-bond donors (Lipinski definition) is 1. The van der Waals surface area contributed by atoms with Crippen molar-refractivity contribution in [2.75, 3.05) is 41.3 Å². The minimum Gasteiger partial charge on any atom is -0.444 e. The highest BCUT2D eigenvalue weighted by Gasteiger charge is 2.35. The zero-order valence-electron chi connectivity index (χ0n) is 21.5. The van der Waals surface area contributed by atoms with Crippen molar-refractivity contribution in [2.24, 2.45) is 0 Å². The summed E-state index contributed by atoms with van der Waals surface area (Å²) in [6, 6.07) is 24.4. The summed E-state index contributed by atoms with van der Waals surface area (Å²) < 4.78 is 5.44. The minimum absolute atomic E-state index is 0.0276. The fourth-order valence-corrected chi connectivity index (χ4v) is 5.40. The van der Waals surface area contributed by atoms with Gasteiger partial charge in [0.25, 0.3) is 0 Å². The maximum absolute atomic E-state index is 12.8. The van der Waals surface area contributed by atoms with Gasteiger partial charge in [-0.05, 0) is 68.7 Å². The van der Waals surface area contributed by atoms with Crippen molar-refractivity contribution in [3.63, 3.8) is 0 Å². The van der Waals surface area contributed by atoms with Crippen molar-refractivity contribution in [1.82, 2.24) is 4.90 Å². The lowest BCUT2D eigenvalue weighted by Gasteiger charge is -2.40. The number of likely N-dealkylation sites (tertiary alicyclic amines) is 1. The Bertz CT molecular complexity index is 1240. The molecule has 0 spiro atoms. The van der Waals surface area contributed by atoms with Crippen LogP contribution in [0, 0.1) is 6.92 Å². The highest BCUT2D eigenvalue weighted by Crippen LogP contribution is 2.34. The number of carbonyl (C=O) groups is 2. The molecule has 1 N–H and O–H groups in total. The van der Waals surface area contributed by atoms with Crippen LogP contribution in [0.2, 0.25) is 0 Å². The number of cyclic esters (lactones) is 1. The highest BCUT2D eigenvalue weighted by molar-refractivity contribution is 5.93. The van der Waals surface area contributed by atoms with E-state index < -0.39 is 0 Å². The average molecular weight is 499 g/mol. The molecule has 2 aliphatic heterocycles. The van der Waals surface area contributed by atoms with Crippen molar-refractivity contribution in [3.05, 3.63) is 83.9 Å². The second-order valence-corrected chi connectivity index (χ2v) is 9.69. The predicted octanol–water partition coefficient (Wildman–Crippen LogP) is 5.71. The van der Waals surface area contributed by atoms with Crippen LogP contribution in [0.25, 0.3) is 0 Å². The number of piperidine rings is 1. The molecule has 2 amide bonds. The molecule has 3 aromatic rings. The molecule has 0 unspecified atom stereocenters. The normalized spacial score (nSPS) is 16.2. The van der Waals surface area contributed by atoms with E-state index in [1.807, 2.05) is 72.5 Å². The number of amides is 2. The zero-order chi connectivity index (χ0) is 25.8. The third kappa shape index (κ3) is 5.47. The maximum Gasteiger partial charge on any atom is 0.414 e. The molecule has 5 rings (SSSR count). The summed E-state index contributed by atoms with van der Waals surface area (Å²) in [5.41, 5.74) is 6.15. The fourth-order valence-electron chi connectivity index (χ4n) is 5.40. The Morgan fingerprint density at radius 2 is 1.68 bits per heavy atom. The number of anilines is 4. The van der Waals surface area contributed by atoms with Crippen LogP contribution in [0.15, 0.2) is 72.8 Å². The van der Waals surface area contributed by atoms with Crippen LogP contribution in [-0.2, 0) is 16.1 Å². The summed E-state index contributed by atoms with van der Waals surface area (Å²) in [6.45, 7) is 7.19. The van der Waals surface area contributed by atoms with Gasteiger partial charge in [0, 0.05) is 48.3 Å². The maximum atomic E-state index is 12.8. The molecule has 1 saturated heterocycles. The molecule has 1 fully saturated rings. The first kappa shape index (κ1) is 24.8. The quantitative estimate of drug-likeness (QED) is 0.452. The van der Waals surface area contributed by atoms with Crippen LogP contribution in [0.4, 0.5) is 27.5 Å². The number of para-hydroxylation sites is 2. The van der Waals surface area contributed by atoms with Crippen LogP contribution in [0.5, 0.6) is 0 Å². The minimum atomic E-state index is -0.268. The molecule has 0 atom stereocenters. The van der Waals surface area contributed by atoms with Gasteiger partial charge < -0.3 is 15.0 Å². The molecule has 2 heterocycles. The lowest BCUT2D eigenvalue weighted by Crippen LogP contribution is -2.50. The molecule has 192 valence electrons. The molecule has 7 nitrogen and oxygen atoms in total. The first-order valence-corrected chi connectivity index (χ1v) is 13.0. The Labute approximate surface area is 218 Å². The molecule has 2 aliphatic rings. The second kappa shape index (κ2) is 11.0. The predicted molar refractivity (Wildman–Crippen MR) is 147 cm³/mol. The lowest BCUT2D eigenvalue weighted by atomic mass is 9.99. The van der Waals surface area contributed by atoms with E-state index in [-0.39, 0.29) is 18.0 Å². The van der Waals surface area contributed by atoms with Gasteiger partial charge in [-0.3, -0.25) is 14.6 Å². The number of fused-ring (bicyclic) bond motifs is 1. The number of benzene rings is 3. The zero-order valence-corrected chi connectivity index (χ0v) is 21.5. The molecule has 37 heavy (non-hydrogen) atoms.